The number of fused-ring (bicyclic) bond motifs is 2. The fourth-order valence-corrected chi connectivity index (χ4v) is 7.39. The summed E-state index contributed by atoms with van der Waals surface area (Å²) in [5, 5.41) is 10.3. The number of piperidine rings is 2. The van der Waals surface area contributed by atoms with E-state index in [-0.39, 0.29) is 53.7 Å². The first-order chi connectivity index (χ1) is 22.0. The largest absolute Gasteiger partial charge is 0.322 e. The number of halogens is 2. The van der Waals surface area contributed by atoms with Crippen molar-refractivity contribution in [3.8, 4) is 11.1 Å². The van der Waals surface area contributed by atoms with E-state index in [1.54, 1.807) is 24.4 Å². The van der Waals surface area contributed by atoms with Crippen LogP contribution in [0.15, 0.2) is 30.6 Å². The molecule has 4 amide bonds. The van der Waals surface area contributed by atoms with Crippen molar-refractivity contribution in [3.05, 3.63) is 63.8 Å². The molecule has 4 aliphatic rings. The molecule has 0 aliphatic carbocycles. The van der Waals surface area contributed by atoms with Crippen LogP contribution in [-0.4, -0.2) is 67.3 Å². The number of hydrogen-bond acceptors (Lipinski definition) is 7. The number of aromatic nitrogens is 3. The van der Waals surface area contributed by atoms with Gasteiger partial charge in [0.25, 0.3) is 5.91 Å². The maximum absolute atomic E-state index is 15.7. The number of pyridine rings is 1. The Balaban J connectivity index is 0.964. The molecular weight excluding hydrogens is 613 g/mol. The Labute approximate surface area is 270 Å². The minimum absolute atomic E-state index is 0.00948. The molecular formula is C33H35ClFN7O4. The first kappa shape index (κ1) is 30.5. The van der Waals surface area contributed by atoms with E-state index in [0.717, 1.165) is 29.8 Å². The van der Waals surface area contributed by atoms with Gasteiger partial charge in [0, 0.05) is 65.1 Å². The van der Waals surface area contributed by atoms with Crippen LogP contribution in [0.4, 0.5) is 10.2 Å². The fraction of sp³-hybridized carbons (Fsp3) is 0.455. The summed E-state index contributed by atoms with van der Waals surface area (Å²) in [5.41, 5.74) is 3.98. The molecule has 0 radical (unpaired) electrons. The van der Waals surface area contributed by atoms with E-state index < -0.39 is 23.7 Å². The third-order valence-corrected chi connectivity index (χ3v) is 9.95. The Hall–Kier alpha value is -4.16. The molecule has 2 aromatic heterocycles. The van der Waals surface area contributed by atoms with Gasteiger partial charge < -0.3 is 10.2 Å². The van der Waals surface area contributed by atoms with Crippen LogP contribution in [0.1, 0.15) is 66.7 Å². The van der Waals surface area contributed by atoms with Crippen molar-refractivity contribution >= 4 is 41.0 Å². The maximum atomic E-state index is 15.7. The third-order valence-electron chi connectivity index (χ3n) is 9.65. The second kappa shape index (κ2) is 11.6. The average molecular weight is 648 g/mol. The van der Waals surface area contributed by atoms with E-state index in [2.05, 4.69) is 39.5 Å². The van der Waals surface area contributed by atoms with E-state index in [1.807, 2.05) is 10.9 Å². The summed E-state index contributed by atoms with van der Waals surface area (Å²) in [6.45, 7) is 6.80. The SMILES string of the molecule is CC1(C)Cc2c(-c3cc(NC(=O)C4CCN(Cc5ccc6c(c5F)CN(C5CCC(=O)NC5=O)C6=O)CC4)ncc3Cl)cnn2C1. The molecule has 11 nitrogen and oxygen atoms in total. The normalized spacial score (nSPS) is 21.3. The zero-order chi connectivity index (χ0) is 32.3. The molecule has 0 saturated carbocycles. The van der Waals surface area contributed by atoms with Gasteiger partial charge >= 0.3 is 0 Å². The molecule has 0 spiro atoms. The number of rotatable bonds is 6. The predicted octanol–water partition coefficient (Wildman–Crippen LogP) is 3.93. The molecule has 46 heavy (non-hydrogen) atoms. The summed E-state index contributed by atoms with van der Waals surface area (Å²) in [6.07, 6.45) is 5.84. The summed E-state index contributed by atoms with van der Waals surface area (Å²) in [5.74, 6) is -1.64. The Morgan fingerprint density at radius 1 is 1.11 bits per heavy atom. The van der Waals surface area contributed by atoms with Gasteiger partial charge in [-0.1, -0.05) is 31.5 Å². The number of likely N-dealkylation sites (tertiary alicyclic amines) is 1. The van der Waals surface area contributed by atoms with Gasteiger partial charge in [0.1, 0.15) is 17.7 Å². The molecule has 240 valence electrons. The van der Waals surface area contributed by atoms with Crippen molar-refractivity contribution in [3.63, 3.8) is 0 Å². The molecule has 0 bridgehead atoms. The zero-order valence-corrected chi connectivity index (χ0v) is 26.5. The van der Waals surface area contributed by atoms with Crippen LogP contribution in [0.3, 0.4) is 0 Å². The minimum atomic E-state index is -0.792. The van der Waals surface area contributed by atoms with Crippen LogP contribution in [0.25, 0.3) is 11.1 Å². The van der Waals surface area contributed by atoms with E-state index >= 15 is 4.39 Å². The lowest BCUT2D eigenvalue weighted by molar-refractivity contribution is -0.137. The van der Waals surface area contributed by atoms with Gasteiger partial charge in [-0.15, -0.1) is 0 Å². The van der Waals surface area contributed by atoms with E-state index in [0.29, 0.717) is 48.9 Å². The van der Waals surface area contributed by atoms with Crippen LogP contribution in [0.5, 0.6) is 0 Å². The first-order valence-electron chi connectivity index (χ1n) is 15.7. The molecule has 4 aliphatic heterocycles. The number of amides is 4. The quantitative estimate of drug-likeness (QED) is 0.388. The summed E-state index contributed by atoms with van der Waals surface area (Å²) < 4.78 is 17.7. The Morgan fingerprint density at radius 3 is 2.65 bits per heavy atom. The molecule has 6 heterocycles. The van der Waals surface area contributed by atoms with Gasteiger partial charge in [0.2, 0.25) is 17.7 Å². The Bertz CT molecular complexity index is 1780. The molecule has 1 aromatic carbocycles. The number of imide groups is 1. The molecule has 2 fully saturated rings. The van der Waals surface area contributed by atoms with Gasteiger partial charge in [-0.3, -0.25) is 34.1 Å². The molecule has 1 unspecified atom stereocenters. The minimum Gasteiger partial charge on any atom is -0.322 e. The molecule has 2 N–H and O–H groups in total. The third kappa shape index (κ3) is 5.57. The molecule has 13 heteroatoms. The van der Waals surface area contributed by atoms with E-state index in [9.17, 15) is 19.2 Å². The number of carbonyl (C=O) groups excluding carboxylic acids is 4. The Kier molecular flexibility index (Phi) is 7.67. The van der Waals surface area contributed by atoms with Crippen LogP contribution in [0.2, 0.25) is 5.02 Å². The highest BCUT2D eigenvalue weighted by molar-refractivity contribution is 6.33. The predicted molar refractivity (Wildman–Crippen MR) is 167 cm³/mol. The highest BCUT2D eigenvalue weighted by Gasteiger charge is 2.41. The zero-order valence-electron chi connectivity index (χ0n) is 25.7. The van der Waals surface area contributed by atoms with Gasteiger partial charge in [0.05, 0.1) is 17.8 Å². The van der Waals surface area contributed by atoms with Crippen LogP contribution < -0.4 is 10.6 Å². The first-order valence-corrected chi connectivity index (χ1v) is 16.0. The molecule has 1 atom stereocenters. The van der Waals surface area contributed by atoms with Crippen LogP contribution in [0, 0.1) is 17.2 Å². The lowest BCUT2D eigenvalue weighted by atomic mass is 9.89. The van der Waals surface area contributed by atoms with E-state index in [1.165, 1.54) is 4.90 Å². The van der Waals surface area contributed by atoms with Gasteiger partial charge in [-0.2, -0.15) is 5.10 Å². The highest BCUT2D eigenvalue weighted by atomic mass is 35.5. The number of nitrogens with one attached hydrogen (secondary N) is 2. The van der Waals surface area contributed by atoms with Gasteiger partial charge in [-0.25, -0.2) is 9.37 Å². The van der Waals surface area contributed by atoms with Crippen molar-refractivity contribution in [2.45, 2.75) is 71.6 Å². The number of hydrogen-bond donors (Lipinski definition) is 2. The lowest BCUT2D eigenvalue weighted by Crippen LogP contribution is -2.52. The number of anilines is 1. The fourth-order valence-electron chi connectivity index (χ4n) is 7.18. The molecule has 7 rings (SSSR count). The monoisotopic (exact) mass is 647 g/mol. The molecule has 2 saturated heterocycles. The van der Waals surface area contributed by atoms with Gasteiger partial charge in [-0.05, 0) is 56.3 Å². The van der Waals surface area contributed by atoms with Gasteiger partial charge in [0.15, 0.2) is 0 Å². The topological polar surface area (TPSA) is 130 Å². The van der Waals surface area contributed by atoms with Crippen LogP contribution in [-0.2, 0) is 40.4 Å². The summed E-state index contributed by atoms with van der Waals surface area (Å²) >= 11 is 6.54. The number of nitrogens with zero attached hydrogens (tertiary/aromatic N) is 5. The average Bonchev–Trinajstić information content (AvgIpc) is 3.65. The smallest absolute Gasteiger partial charge is 0.255 e. The van der Waals surface area contributed by atoms with Crippen molar-refractivity contribution in [2.75, 3.05) is 18.4 Å². The summed E-state index contributed by atoms with van der Waals surface area (Å²) in [7, 11) is 0. The highest BCUT2D eigenvalue weighted by Crippen LogP contribution is 2.39. The van der Waals surface area contributed by atoms with Crippen molar-refractivity contribution in [1.82, 2.24) is 29.9 Å². The van der Waals surface area contributed by atoms with Crippen molar-refractivity contribution < 1.29 is 23.6 Å². The standard InChI is InChI=1S/C33H35ClFN7O4/c1-33(2)12-26-22(13-37-42(26)17-33)21-11-27(36-14-24(21)34)38-30(44)18-7-9-40(10-8-18)15-19-3-4-20-23(29(19)35)16-41(32(20)46)25-5-6-28(43)39-31(25)45/h3-4,11,13-14,18,25H,5-10,12,15-17H2,1-2H3,(H,36,38,44)(H,39,43,45). The second-order valence-corrected chi connectivity index (χ2v) is 14.0. The lowest BCUT2D eigenvalue weighted by Gasteiger charge is -2.31. The molecule has 3 aromatic rings. The van der Waals surface area contributed by atoms with E-state index in [4.69, 9.17) is 11.6 Å². The maximum Gasteiger partial charge on any atom is 0.255 e. The van der Waals surface area contributed by atoms with Crippen molar-refractivity contribution in [2.24, 2.45) is 11.3 Å². The number of benzene rings is 1. The van der Waals surface area contributed by atoms with Crippen molar-refractivity contribution in [1.29, 1.82) is 0 Å². The summed E-state index contributed by atoms with van der Waals surface area (Å²) in [6, 6.07) is 4.26. The summed E-state index contributed by atoms with van der Waals surface area (Å²) in [4.78, 5) is 57.9. The van der Waals surface area contributed by atoms with Crippen LogP contribution >= 0.6 is 11.6 Å². The Morgan fingerprint density at radius 2 is 1.89 bits per heavy atom. The number of carbonyl (C=O) groups is 4. The second-order valence-electron chi connectivity index (χ2n) is 13.6.